The van der Waals surface area contributed by atoms with Gasteiger partial charge in [-0.1, -0.05) is 6.42 Å². The summed E-state index contributed by atoms with van der Waals surface area (Å²) in [6.07, 6.45) is 3.22. The van der Waals surface area contributed by atoms with Crippen LogP contribution in [0.3, 0.4) is 0 Å². The molecule has 0 unspecified atom stereocenters. The van der Waals surface area contributed by atoms with Crippen LogP contribution < -0.4 is 10.6 Å². The summed E-state index contributed by atoms with van der Waals surface area (Å²) < 4.78 is 4.83. The molecule has 0 aromatic heterocycles. The van der Waals surface area contributed by atoms with E-state index >= 15 is 0 Å². The van der Waals surface area contributed by atoms with E-state index in [4.69, 9.17) is 4.74 Å². The van der Waals surface area contributed by atoms with E-state index in [-0.39, 0.29) is 6.03 Å². The van der Waals surface area contributed by atoms with Crippen molar-refractivity contribution in [3.8, 4) is 0 Å². The molecule has 0 radical (unpaired) electrons. The van der Waals surface area contributed by atoms with Gasteiger partial charge in [0.25, 0.3) is 0 Å². The van der Waals surface area contributed by atoms with Gasteiger partial charge < -0.3 is 15.0 Å². The number of piperidine rings is 1. The molecule has 2 aliphatic heterocycles. The molecule has 2 fully saturated rings. The van der Waals surface area contributed by atoms with E-state index in [1.54, 1.807) is 31.2 Å². The van der Waals surface area contributed by atoms with Crippen molar-refractivity contribution in [2.24, 2.45) is 0 Å². The van der Waals surface area contributed by atoms with Gasteiger partial charge in [-0.05, 0) is 50.6 Å². The number of urea groups is 1. The molecule has 2 saturated heterocycles. The molecule has 136 valence electrons. The Hall–Kier alpha value is -2.28. The zero-order chi connectivity index (χ0) is 17.6. The van der Waals surface area contributed by atoms with Crippen LogP contribution in [-0.2, 0) is 4.74 Å². The van der Waals surface area contributed by atoms with Crippen molar-refractivity contribution in [1.82, 2.24) is 9.80 Å². The maximum atomic E-state index is 12.5. The fourth-order valence-electron chi connectivity index (χ4n) is 3.46. The SMILES string of the molecule is CCOC(=O)Nc1ccc(NC(=O)N2CCN3CCCC[C@@H]3C2)cc1. The molecular weight excluding hydrogens is 320 g/mol. The average Bonchev–Trinajstić information content (AvgIpc) is 2.63. The molecule has 1 aromatic carbocycles. The lowest BCUT2D eigenvalue weighted by atomic mass is 10.00. The number of benzene rings is 1. The third-order valence-corrected chi connectivity index (χ3v) is 4.78. The number of amides is 3. The second kappa shape index (κ2) is 8.20. The number of carbonyl (C=O) groups is 2. The van der Waals surface area contributed by atoms with Gasteiger partial charge in [-0.2, -0.15) is 0 Å². The highest BCUT2D eigenvalue weighted by Crippen LogP contribution is 2.22. The normalized spacial score (nSPS) is 20.5. The summed E-state index contributed by atoms with van der Waals surface area (Å²) in [6.45, 7) is 5.77. The van der Waals surface area contributed by atoms with E-state index in [1.807, 2.05) is 4.90 Å². The number of anilines is 2. The summed E-state index contributed by atoms with van der Waals surface area (Å²) in [5, 5.41) is 5.57. The van der Waals surface area contributed by atoms with Gasteiger partial charge in [0.2, 0.25) is 0 Å². The number of ether oxygens (including phenoxy) is 1. The lowest BCUT2D eigenvalue weighted by Crippen LogP contribution is -2.56. The van der Waals surface area contributed by atoms with Crippen molar-refractivity contribution in [2.45, 2.75) is 32.2 Å². The number of nitrogens with one attached hydrogen (secondary N) is 2. The molecule has 7 nitrogen and oxygen atoms in total. The largest absolute Gasteiger partial charge is 0.450 e. The van der Waals surface area contributed by atoms with Crippen LogP contribution in [0.25, 0.3) is 0 Å². The molecule has 1 aromatic rings. The highest BCUT2D eigenvalue weighted by atomic mass is 16.5. The predicted molar refractivity (Wildman–Crippen MR) is 96.9 cm³/mol. The van der Waals surface area contributed by atoms with Gasteiger partial charge in [-0.3, -0.25) is 10.2 Å². The molecule has 2 heterocycles. The zero-order valence-corrected chi connectivity index (χ0v) is 14.7. The number of nitrogens with zero attached hydrogens (tertiary/aromatic N) is 2. The number of fused-ring (bicyclic) bond motifs is 1. The summed E-state index contributed by atoms with van der Waals surface area (Å²) in [5.74, 6) is 0. The summed E-state index contributed by atoms with van der Waals surface area (Å²) in [6, 6.07) is 7.48. The van der Waals surface area contributed by atoms with Gasteiger partial charge in [0.15, 0.2) is 0 Å². The quantitative estimate of drug-likeness (QED) is 0.882. The van der Waals surface area contributed by atoms with E-state index in [1.165, 1.54) is 19.3 Å². The van der Waals surface area contributed by atoms with Gasteiger partial charge >= 0.3 is 12.1 Å². The fourth-order valence-corrected chi connectivity index (χ4v) is 3.46. The van der Waals surface area contributed by atoms with Crippen molar-refractivity contribution in [2.75, 3.05) is 43.4 Å². The Morgan fingerprint density at radius 1 is 1.08 bits per heavy atom. The van der Waals surface area contributed by atoms with Crippen LogP contribution in [0, 0.1) is 0 Å². The smallest absolute Gasteiger partial charge is 0.411 e. The zero-order valence-electron chi connectivity index (χ0n) is 14.7. The minimum absolute atomic E-state index is 0.0590. The van der Waals surface area contributed by atoms with Crippen LogP contribution in [0.5, 0.6) is 0 Å². The van der Waals surface area contributed by atoms with Crippen molar-refractivity contribution in [3.63, 3.8) is 0 Å². The first-order valence-corrected chi connectivity index (χ1v) is 8.99. The van der Waals surface area contributed by atoms with E-state index in [0.29, 0.717) is 24.0 Å². The van der Waals surface area contributed by atoms with Crippen LogP contribution in [0.4, 0.5) is 21.0 Å². The molecule has 2 N–H and O–H groups in total. The molecule has 0 saturated carbocycles. The summed E-state index contributed by atoms with van der Waals surface area (Å²) in [7, 11) is 0. The van der Waals surface area contributed by atoms with Crippen LogP contribution >= 0.6 is 0 Å². The molecule has 25 heavy (non-hydrogen) atoms. The lowest BCUT2D eigenvalue weighted by molar-refractivity contribution is 0.0678. The van der Waals surface area contributed by atoms with Crippen LogP contribution in [0.2, 0.25) is 0 Å². The number of piperazine rings is 1. The van der Waals surface area contributed by atoms with E-state index in [9.17, 15) is 9.59 Å². The van der Waals surface area contributed by atoms with Gasteiger partial charge in [-0.25, -0.2) is 9.59 Å². The molecule has 0 spiro atoms. The van der Waals surface area contributed by atoms with Crippen LogP contribution in [-0.4, -0.2) is 60.8 Å². The lowest BCUT2D eigenvalue weighted by Gasteiger charge is -2.43. The molecule has 0 aliphatic carbocycles. The third kappa shape index (κ3) is 4.63. The Morgan fingerprint density at radius 3 is 2.52 bits per heavy atom. The monoisotopic (exact) mass is 346 g/mol. The minimum Gasteiger partial charge on any atom is -0.450 e. The van der Waals surface area contributed by atoms with E-state index in [0.717, 1.165) is 26.2 Å². The number of hydrogen-bond donors (Lipinski definition) is 2. The van der Waals surface area contributed by atoms with Crippen molar-refractivity contribution >= 4 is 23.5 Å². The Kier molecular flexibility index (Phi) is 5.75. The van der Waals surface area contributed by atoms with Gasteiger partial charge in [0, 0.05) is 37.1 Å². The number of hydrogen-bond acceptors (Lipinski definition) is 4. The van der Waals surface area contributed by atoms with E-state index < -0.39 is 6.09 Å². The third-order valence-electron chi connectivity index (χ3n) is 4.78. The molecule has 0 bridgehead atoms. The Morgan fingerprint density at radius 2 is 1.80 bits per heavy atom. The van der Waals surface area contributed by atoms with Crippen LogP contribution in [0.15, 0.2) is 24.3 Å². The van der Waals surface area contributed by atoms with Crippen molar-refractivity contribution in [3.05, 3.63) is 24.3 Å². The molecule has 3 rings (SSSR count). The van der Waals surface area contributed by atoms with Crippen LogP contribution in [0.1, 0.15) is 26.2 Å². The van der Waals surface area contributed by atoms with Gasteiger partial charge in [0.1, 0.15) is 0 Å². The highest BCUT2D eigenvalue weighted by molar-refractivity contribution is 5.90. The first-order valence-electron chi connectivity index (χ1n) is 8.99. The Labute approximate surface area is 148 Å². The standard InChI is InChI=1S/C18H26N4O3/c1-2-25-18(24)20-15-8-6-14(7-9-15)19-17(23)22-12-11-21-10-4-3-5-16(21)13-22/h6-9,16H,2-5,10-13H2,1H3,(H,19,23)(H,20,24)/t16-/m1/s1. The Bertz CT molecular complexity index is 605. The average molecular weight is 346 g/mol. The predicted octanol–water partition coefficient (Wildman–Crippen LogP) is 2.96. The van der Waals surface area contributed by atoms with E-state index in [2.05, 4.69) is 15.5 Å². The number of rotatable bonds is 3. The topological polar surface area (TPSA) is 73.9 Å². The van der Waals surface area contributed by atoms with Gasteiger partial charge in [0.05, 0.1) is 6.61 Å². The molecule has 3 amide bonds. The highest BCUT2D eigenvalue weighted by Gasteiger charge is 2.30. The van der Waals surface area contributed by atoms with Crippen molar-refractivity contribution < 1.29 is 14.3 Å². The van der Waals surface area contributed by atoms with Crippen molar-refractivity contribution in [1.29, 1.82) is 0 Å². The molecule has 1 atom stereocenters. The molecule has 7 heteroatoms. The number of carbonyl (C=O) groups excluding carboxylic acids is 2. The second-order valence-corrected chi connectivity index (χ2v) is 6.48. The van der Waals surface area contributed by atoms with Gasteiger partial charge in [-0.15, -0.1) is 0 Å². The first kappa shape index (κ1) is 17.5. The molecular formula is C18H26N4O3. The minimum atomic E-state index is -0.482. The summed E-state index contributed by atoms with van der Waals surface area (Å²) >= 11 is 0. The second-order valence-electron chi connectivity index (χ2n) is 6.48. The first-order chi connectivity index (χ1) is 12.2. The molecule has 2 aliphatic rings. The summed E-state index contributed by atoms with van der Waals surface area (Å²) in [5.41, 5.74) is 1.35. The fraction of sp³-hybridized carbons (Fsp3) is 0.556. The summed E-state index contributed by atoms with van der Waals surface area (Å²) in [4.78, 5) is 28.3. The Balaban J connectivity index is 1.51. The maximum Gasteiger partial charge on any atom is 0.411 e. The maximum absolute atomic E-state index is 12.5.